The van der Waals surface area contributed by atoms with Crippen molar-refractivity contribution in [3.63, 3.8) is 0 Å². The summed E-state index contributed by atoms with van der Waals surface area (Å²) < 4.78 is 0. The lowest BCUT2D eigenvalue weighted by atomic mass is 10.0. The Kier molecular flexibility index (Phi) is 3.54. The third-order valence-corrected chi connectivity index (χ3v) is 3.91. The summed E-state index contributed by atoms with van der Waals surface area (Å²) in [7, 11) is 0. The molecular formula is C12H18N2O4. The average Bonchev–Trinajstić information content (AvgIpc) is 2.90. The first-order chi connectivity index (χ1) is 8.47. The Balaban J connectivity index is 1.81. The van der Waals surface area contributed by atoms with E-state index in [1.54, 1.807) is 0 Å². The van der Waals surface area contributed by atoms with Crippen LogP contribution in [-0.4, -0.2) is 28.9 Å². The molecule has 2 fully saturated rings. The largest absolute Gasteiger partial charge is 0.480 e. The number of nitrogens with two attached hydrogens (primary N) is 1. The van der Waals surface area contributed by atoms with Gasteiger partial charge in [0.2, 0.25) is 11.8 Å². The zero-order valence-electron chi connectivity index (χ0n) is 10.1. The monoisotopic (exact) mass is 254 g/mol. The minimum absolute atomic E-state index is 0.0346. The number of primary amides is 1. The number of nitrogens with one attached hydrogen (secondary N) is 1. The summed E-state index contributed by atoms with van der Waals surface area (Å²) in [4.78, 5) is 33.5. The van der Waals surface area contributed by atoms with Gasteiger partial charge in [0.1, 0.15) is 6.04 Å². The fourth-order valence-electron chi connectivity index (χ4n) is 2.76. The van der Waals surface area contributed by atoms with E-state index >= 15 is 0 Å². The molecule has 2 aliphatic rings. The highest BCUT2D eigenvalue weighted by Gasteiger charge is 2.48. The van der Waals surface area contributed by atoms with E-state index in [0.717, 1.165) is 12.8 Å². The van der Waals surface area contributed by atoms with Gasteiger partial charge in [-0.1, -0.05) is 0 Å². The van der Waals surface area contributed by atoms with E-state index in [2.05, 4.69) is 5.32 Å². The van der Waals surface area contributed by atoms with E-state index in [1.807, 2.05) is 0 Å². The van der Waals surface area contributed by atoms with Crippen LogP contribution in [0.1, 0.15) is 32.1 Å². The Morgan fingerprint density at radius 1 is 1.22 bits per heavy atom. The summed E-state index contributed by atoms with van der Waals surface area (Å²) in [6, 6.07) is -1.01. The number of carboxylic acid groups (broad SMARTS) is 1. The minimum Gasteiger partial charge on any atom is -0.480 e. The van der Waals surface area contributed by atoms with Crippen molar-refractivity contribution in [2.45, 2.75) is 38.1 Å². The number of aliphatic carboxylic acids is 1. The molecule has 0 heterocycles. The van der Waals surface area contributed by atoms with Crippen LogP contribution in [0.3, 0.4) is 0 Å². The fraction of sp³-hybridized carbons (Fsp3) is 0.750. The van der Waals surface area contributed by atoms with Crippen LogP contribution in [0.25, 0.3) is 0 Å². The molecule has 0 aromatic heterocycles. The molecule has 6 heteroatoms. The van der Waals surface area contributed by atoms with Crippen molar-refractivity contribution in [2.24, 2.45) is 23.5 Å². The molecule has 100 valence electrons. The Morgan fingerprint density at radius 3 is 2.33 bits per heavy atom. The van der Waals surface area contributed by atoms with Gasteiger partial charge in [-0.25, -0.2) is 4.79 Å². The van der Waals surface area contributed by atoms with E-state index < -0.39 is 17.9 Å². The molecule has 0 spiro atoms. The number of carbonyl (C=O) groups is 3. The maximum absolute atomic E-state index is 11.9. The standard InChI is InChI=1S/C12H18N2O4/c13-10(15)2-1-9(12(17)18)14-11(16)8-4-6-3-7(6)5-8/h6-9H,1-5H2,(H2,13,15)(H,14,16)(H,17,18)/t6?,7?,8?,9-/m0/s1. The van der Waals surface area contributed by atoms with Crippen LogP contribution < -0.4 is 11.1 Å². The Bertz CT molecular complexity index is 372. The number of fused-ring (bicyclic) bond motifs is 1. The van der Waals surface area contributed by atoms with Crippen molar-refractivity contribution < 1.29 is 19.5 Å². The predicted molar refractivity (Wildman–Crippen MR) is 62.3 cm³/mol. The minimum atomic E-state index is -1.12. The summed E-state index contributed by atoms with van der Waals surface area (Å²) in [5, 5.41) is 11.5. The van der Waals surface area contributed by atoms with Crippen molar-refractivity contribution in [1.29, 1.82) is 0 Å². The van der Waals surface area contributed by atoms with Crippen molar-refractivity contribution >= 4 is 17.8 Å². The summed E-state index contributed by atoms with van der Waals surface area (Å²) in [6.45, 7) is 0. The number of amides is 2. The van der Waals surface area contributed by atoms with Crippen LogP contribution in [0.4, 0.5) is 0 Å². The molecule has 4 N–H and O–H groups in total. The van der Waals surface area contributed by atoms with E-state index in [1.165, 1.54) is 6.42 Å². The first-order valence-electron chi connectivity index (χ1n) is 6.29. The zero-order valence-corrected chi connectivity index (χ0v) is 10.1. The van der Waals surface area contributed by atoms with Crippen LogP contribution in [0.5, 0.6) is 0 Å². The predicted octanol–water partition coefficient (Wildman–Crippen LogP) is -0.133. The molecule has 2 aliphatic carbocycles. The molecule has 2 unspecified atom stereocenters. The smallest absolute Gasteiger partial charge is 0.326 e. The van der Waals surface area contributed by atoms with Crippen LogP contribution >= 0.6 is 0 Å². The second kappa shape index (κ2) is 4.96. The lowest BCUT2D eigenvalue weighted by Crippen LogP contribution is -2.43. The van der Waals surface area contributed by atoms with Gasteiger partial charge in [0, 0.05) is 12.3 Å². The van der Waals surface area contributed by atoms with Crippen molar-refractivity contribution in [3.05, 3.63) is 0 Å². The van der Waals surface area contributed by atoms with Gasteiger partial charge in [-0.3, -0.25) is 9.59 Å². The van der Waals surface area contributed by atoms with Crippen LogP contribution in [0, 0.1) is 17.8 Å². The van der Waals surface area contributed by atoms with Gasteiger partial charge >= 0.3 is 5.97 Å². The fourth-order valence-corrected chi connectivity index (χ4v) is 2.76. The van der Waals surface area contributed by atoms with Crippen LogP contribution in [0.2, 0.25) is 0 Å². The van der Waals surface area contributed by atoms with E-state index in [9.17, 15) is 14.4 Å². The molecule has 3 atom stereocenters. The molecule has 0 radical (unpaired) electrons. The average molecular weight is 254 g/mol. The number of hydrogen-bond donors (Lipinski definition) is 3. The number of carbonyl (C=O) groups excluding carboxylic acids is 2. The molecule has 0 bridgehead atoms. The summed E-state index contributed by atoms with van der Waals surface area (Å²) in [5.41, 5.74) is 4.97. The molecule has 2 saturated carbocycles. The Hall–Kier alpha value is -1.59. The van der Waals surface area contributed by atoms with Gasteiger partial charge in [0.05, 0.1) is 0 Å². The lowest BCUT2D eigenvalue weighted by molar-refractivity contribution is -0.142. The highest BCUT2D eigenvalue weighted by molar-refractivity contribution is 5.85. The molecule has 2 rings (SSSR count). The molecule has 18 heavy (non-hydrogen) atoms. The number of hydrogen-bond acceptors (Lipinski definition) is 3. The molecule has 0 aromatic rings. The first-order valence-corrected chi connectivity index (χ1v) is 6.29. The SMILES string of the molecule is NC(=O)CC[C@H](NC(=O)C1CC2CC2C1)C(=O)O. The topological polar surface area (TPSA) is 109 Å². The van der Waals surface area contributed by atoms with Gasteiger partial charge in [-0.15, -0.1) is 0 Å². The van der Waals surface area contributed by atoms with Gasteiger partial charge in [-0.2, -0.15) is 0 Å². The zero-order chi connectivity index (χ0) is 13.3. The Labute approximate surface area is 105 Å². The summed E-state index contributed by atoms with van der Waals surface area (Å²) in [5.74, 6) is -0.571. The second-order valence-corrected chi connectivity index (χ2v) is 5.33. The van der Waals surface area contributed by atoms with E-state index in [0.29, 0.717) is 11.8 Å². The van der Waals surface area contributed by atoms with Crippen molar-refractivity contribution in [3.8, 4) is 0 Å². The maximum atomic E-state index is 11.9. The molecule has 0 aliphatic heterocycles. The van der Waals surface area contributed by atoms with Gasteiger partial charge in [0.25, 0.3) is 0 Å². The molecule has 6 nitrogen and oxygen atoms in total. The molecule has 0 saturated heterocycles. The third-order valence-electron chi connectivity index (χ3n) is 3.91. The lowest BCUT2D eigenvalue weighted by Gasteiger charge is -2.17. The van der Waals surface area contributed by atoms with E-state index in [4.69, 9.17) is 10.8 Å². The van der Waals surface area contributed by atoms with Crippen LogP contribution in [0.15, 0.2) is 0 Å². The number of carboxylic acids is 1. The molecular weight excluding hydrogens is 236 g/mol. The second-order valence-electron chi connectivity index (χ2n) is 5.33. The van der Waals surface area contributed by atoms with Crippen molar-refractivity contribution in [1.82, 2.24) is 5.32 Å². The highest BCUT2D eigenvalue weighted by Crippen LogP contribution is 2.54. The maximum Gasteiger partial charge on any atom is 0.326 e. The number of rotatable bonds is 6. The van der Waals surface area contributed by atoms with Gasteiger partial charge < -0.3 is 16.2 Å². The summed E-state index contributed by atoms with van der Waals surface area (Å²) in [6.07, 6.45) is 2.98. The summed E-state index contributed by atoms with van der Waals surface area (Å²) >= 11 is 0. The molecule has 2 amide bonds. The van der Waals surface area contributed by atoms with Gasteiger partial charge in [-0.05, 0) is 37.5 Å². The normalized spacial score (nSPS) is 30.3. The third kappa shape index (κ3) is 3.00. The highest BCUT2D eigenvalue weighted by atomic mass is 16.4. The van der Waals surface area contributed by atoms with Gasteiger partial charge in [0.15, 0.2) is 0 Å². The van der Waals surface area contributed by atoms with E-state index in [-0.39, 0.29) is 24.7 Å². The Morgan fingerprint density at radius 2 is 1.83 bits per heavy atom. The molecule has 0 aromatic carbocycles. The van der Waals surface area contributed by atoms with Crippen molar-refractivity contribution in [2.75, 3.05) is 0 Å². The first kappa shape index (κ1) is 12.9. The quantitative estimate of drug-likeness (QED) is 0.613. The van der Waals surface area contributed by atoms with Crippen LogP contribution in [-0.2, 0) is 14.4 Å².